The summed E-state index contributed by atoms with van der Waals surface area (Å²) >= 11 is 1.73. The molecule has 1 amide bonds. The Morgan fingerprint density at radius 3 is 2.65 bits per heavy atom. The molecule has 0 spiro atoms. The highest BCUT2D eigenvalue weighted by Crippen LogP contribution is 2.51. The number of nitrogens with zero attached hydrogens (tertiary/aromatic N) is 1. The van der Waals surface area contributed by atoms with Crippen molar-refractivity contribution < 1.29 is 9.53 Å². The number of para-hydroxylation sites is 2. The second kappa shape index (κ2) is 5.60. The Bertz CT molecular complexity index is 733. The second-order valence-corrected chi connectivity index (χ2v) is 7.13. The summed E-state index contributed by atoms with van der Waals surface area (Å²) < 4.78 is 6.08. The number of anilines is 1. The smallest absolute Gasteiger partial charge is 0.272 e. The molecule has 0 bridgehead atoms. The van der Waals surface area contributed by atoms with Crippen LogP contribution in [0.4, 0.5) is 5.69 Å². The predicted molar refractivity (Wildman–Crippen MR) is 94.0 cm³/mol. The number of carbonyl (C=O) groups is 1. The average Bonchev–Trinajstić information content (AvgIpc) is 2.75. The van der Waals surface area contributed by atoms with Crippen molar-refractivity contribution in [2.24, 2.45) is 0 Å². The Balaban J connectivity index is 1.71. The van der Waals surface area contributed by atoms with Crippen LogP contribution in [0.1, 0.15) is 18.4 Å². The lowest BCUT2D eigenvalue weighted by Gasteiger charge is -2.55. The quantitative estimate of drug-likeness (QED) is 0.802. The fourth-order valence-electron chi connectivity index (χ4n) is 3.66. The van der Waals surface area contributed by atoms with Crippen molar-refractivity contribution in [2.75, 3.05) is 11.2 Å². The molecule has 0 radical (unpaired) electrons. The van der Waals surface area contributed by atoms with E-state index in [0.29, 0.717) is 0 Å². The summed E-state index contributed by atoms with van der Waals surface area (Å²) in [6.45, 7) is 0. The van der Waals surface area contributed by atoms with E-state index >= 15 is 0 Å². The third-order valence-electron chi connectivity index (χ3n) is 4.80. The highest BCUT2D eigenvalue weighted by molar-refractivity contribution is 8.00. The number of aryl methyl sites for hydroxylation is 1. The summed E-state index contributed by atoms with van der Waals surface area (Å²) in [5.74, 6) is 0.828. The van der Waals surface area contributed by atoms with Gasteiger partial charge in [0.05, 0.1) is 0 Å². The van der Waals surface area contributed by atoms with Crippen molar-refractivity contribution in [3.8, 4) is 5.75 Å². The van der Waals surface area contributed by atoms with Gasteiger partial charge in [-0.05, 0) is 49.3 Å². The average molecular weight is 325 g/mol. The van der Waals surface area contributed by atoms with Gasteiger partial charge in [0.25, 0.3) is 5.91 Å². The van der Waals surface area contributed by atoms with E-state index in [4.69, 9.17) is 4.74 Å². The van der Waals surface area contributed by atoms with Gasteiger partial charge >= 0.3 is 0 Å². The molecule has 118 valence electrons. The lowest BCUT2D eigenvalue weighted by Crippen LogP contribution is -2.75. The van der Waals surface area contributed by atoms with Crippen molar-refractivity contribution in [2.45, 2.75) is 30.2 Å². The number of fused-ring (bicyclic) bond motifs is 3. The van der Waals surface area contributed by atoms with Crippen molar-refractivity contribution in [3.63, 3.8) is 0 Å². The number of amides is 1. The van der Waals surface area contributed by atoms with Crippen LogP contribution in [-0.2, 0) is 11.2 Å². The molecular formula is C19H19NO2S. The number of benzene rings is 2. The van der Waals surface area contributed by atoms with E-state index in [0.717, 1.165) is 30.7 Å². The SMILES string of the molecule is CSC12CCCc3ccccc3N1C(=O)C2Oc1ccccc1. The second-order valence-electron chi connectivity index (χ2n) is 6.02. The van der Waals surface area contributed by atoms with E-state index in [-0.39, 0.29) is 10.8 Å². The molecule has 2 atom stereocenters. The third-order valence-corrected chi connectivity index (χ3v) is 6.10. The molecule has 2 aliphatic heterocycles. The Morgan fingerprint density at radius 1 is 1.13 bits per heavy atom. The van der Waals surface area contributed by atoms with Gasteiger partial charge in [0.15, 0.2) is 0 Å². The highest BCUT2D eigenvalue weighted by atomic mass is 32.2. The molecule has 2 aromatic carbocycles. The standard InChI is InChI=1S/C19H19NO2S/c1-23-19-13-7-9-14-8-5-6-12-16(14)20(19)18(21)17(19)22-15-10-3-2-4-11-15/h2-6,8,10-12,17H,7,9,13H2,1H3. The first-order valence-corrected chi connectivity index (χ1v) is 9.17. The maximum absolute atomic E-state index is 12.9. The molecule has 3 nitrogen and oxygen atoms in total. The van der Waals surface area contributed by atoms with Gasteiger partial charge in [0.2, 0.25) is 6.10 Å². The number of β-lactam (4-membered cyclic amide) rings is 1. The first kappa shape index (κ1) is 14.6. The summed E-state index contributed by atoms with van der Waals surface area (Å²) in [4.78, 5) is 14.5. The molecular weight excluding hydrogens is 306 g/mol. The van der Waals surface area contributed by atoms with Gasteiger partial charge in [0.1, 0.15) is 10.6 Å². The Labute approximate surface area is 140 Å². The molecule has 1 saturated heterocycles. The number of hydrogen-bond acceptors (Lipinski definition) is 3. The van der Waals surface area contributed by atoms with Crippen molar-refractivity contribution in [1.82, 2.24) is 0 Å². The monoisotopic (exact) mass is 325 g/mol. The van der Waals surface area contributed by atoms with Crippen LogP contribution in [0.5, 0.6) is 5.75 Å². The molecule has 0 N–H and O–H groups in total. The Kier molecular flexibility index (Phi) is 3.57. The molecule has 23 heavy (non-hydrogen) atoms. The van der Waals surface area contributed by atoms with Crippen molar-refractivity contribution in [1.29, 1.82) is 0 Å². The number of thioether (sulfide) groups is 1. The van der Waals surface area contributed by atoms with Crippen LogP contribution in [0.25, 0.3) is 0 Å². The lowest BCUT2D eigenvalue weighted by atomic mass is 9.92. The molecule has 0 aromatic heterocycles. The van der Waals surface area contributed by atoms with E-state index in [9.17, 15) is 4.79 Å². The van der Waals surface area contributed by atoms with E-state index in [1.165, 1.54) is 5.56 Å². The number of hydrogen-bond donors (Lipinski definition) is 0. The first-order valence-electron chi connectivity index (χ1n) is 7.95. The number of carbonyl (C=O) groups excluding carboxylic acids is 1. The van der Waals surface area contributed by atoms with Gasteiger partial charge in [0, 0.05) is 5.69 Å². The largest absolute Gasteiger partial charge is 0.477 e. The minimum absolute atomic E-state index is 0.0672. The molecule has 4 rings (SSSR count). The van der Waals surface area contributed by atoms with Crippen LogP contribution in [0.3, 0.4) is 0 Å². The summed E-state index contributed by atoms with van der Waals surface area (Å²) in [6, 6.07) is 17.9. The molecule has 2 aromatic rings. The third kappa shape index (κ3) is 2.16. The zero-order valence-corrected chi connectivity index (χ0v) is 13.9. The Morgan fingerprint density at radius 2 is 1.87 bits per heavy atom. The molecule has 4 heteroatoms. The molecule has 2 aliphatic rings. The summed E-state index contributed by atoms with van der Waals surface area (Å²) in [7, 11) is 0. The number of ether oxygens (including phenoxy) is 1. The van der Waals surface area contributed by atoms with E-state index in [2.05, 4.69) is 18.4 Å². The van der Waals surface area contributed by atoms with Crippen LogP contribution in [-0.4, -0.2) is 23.1 Å². The maximum Gasteiger partial charge on any atom is 0.272 e. The van der Waals surface area contributed by atoms with Gasteiger partial charge < -0.3 is 4.74 Å². The van der Waals surface area contributed by atoms with Crippen LogP contribution in [0.15, 0.2) is 54.6 Å². The van der Waals surface area contributed by atoms with E-state index in [1.807, 2.05) is 47.4 Å². The van der Waals surface area contributed by atoms with Gasteiger partial charge in [-0.1, -0.05) is 36.4 Å². The maximum atomic E-state index is 12.9. The minimum Gasteiger partial charge on any atom is -0.477 e. The molecule has 2 unspecified atom stereocenters. The lowest BCUT2D eigenvalue weighted by molar-refractivity contribution is -0.136. The minimum atomic E-state index is -0.411. The number of rotatable bonds is 3. The summed E-state index contributed by atoms with van der Waals surface area (Å²) in [6.07, 6.45) is 4.70. The fraction of sp³-hybridized carbons (Fsp3) is 0.316. The van der Waals surface area contributed by atoms with Crippen LogP contribution < -0.4 is 9.64 Å². The van der Waals surface area contributed by atoms with Crippen LogP contribution in [0, 0.1) is 0 Å². The van der Waals surface area contributed by atoms with Crippen LogP contribution >= 0.6 is 11.8 Å². The molecule has 0 aliphatic carbocycles. The van der Waals surface area contributed by atoms with Gasteiger partial charge in [-0.2, -0.15) is 0 Å². The van der Waals surface area contributed by atoms with Crippen molar-refractivity contribution in [3.05, 3.63) is 60.2 Å². The molecule has 1 fully saturated rings. The van der Waals surface area contributed by atoms with E-state index in [1.54, 1.807) is 11.8 Å². The van der Waals surface area contributed by atoms with E-state index < -0.39 is 6.10 Å². The molecule has 0 saturated carbocycles. The zero-order valence-electron chi connectivity index (χ0n) is 13.1. The summed E-state index contributed by atoms with van der Waals surface area (Å²) in [5.41, 5.74) is 2.31. The highest BCUT2D eigenvalue weighted by Gasteiger charge is 2.63. The molecule has 2 heterocycles. The first-order chi connectivity index (χ1) is 11.3. The zero-order chi connectivity index (χ0) is 15.9. The topological polar surface area (TPSA) is 29.5 Å². The summed E-state index contributed by atoms with van der Waals surface area (Å²) in [5, 5.41) is 0. The predicted octanol–water partition coefficient (Wildman–Crippen LogP) is 3.88. The van der Waals surface area contributed by atoms with Gasteiger partial charge in [-0.25, -0.2) is 0 Å². The van der Waals surface area contributed by atoms with Crippen LogP contribution in [0.2, 0.25) is 0 Å². The van der Waals surface area contributed by atoms with Crippen molar-refractivity contribution >= 4 is 23.4 Å². The normalized spacial score (nSPS) is 25.9. The van der Waals surface area contributed by atoms with Gasteiger partial charge in [-0.3, -0.25) is 9.69 Å². The Hall–Kier alpha value is -1.94. The van der Waals surface area contributed by atoms with Gasteiger partial charge in [-0.15, -0.1) is 11.8 Å². The fourth-order valence-corrected chi connectivity index (χ4v) is 4.75.